The number of β-amino-alcohol motifs (C(OH)–C–C–N with tert-alkyl or cyclic N) is 1. The Kier molecular flexibility index (Phi) is 8.13. The summed E-state index contributed by atoms with van der Waals surface area (Å²) in [6, 6.07) is 9.21. The van der Waals surface area contributed by atoms with Gasteiger partial charge in [-0.2, -0.15) is 0 Å². The van der Waals surface area contributed by atoms with Gasteiger partial charge in [-0.05, 0) is 50.4 Å². The van der Waals surface area contributed by atoms with E-state index in [9.17, 15) is 5.11 Å². The van der Waals surface area contributed by atoms with Crippen molar-refractivity contribution in [3.8, 4) is 0 Å². The summed E-state index contributed by atoms with van der Waals surface area (Å²) in [6.45, 7) is 11.4. The highest BCUT2D eigenvalue weighted by Crippen LogP contribution is 2.18. The molecule has 3 N–H and O–H groups in total. The van der Waals surface area contributed by atoms with Crippen molar-refractivity contribution in [3.63, 3.8) is 0 Å². The van der Waals surface area contributed by atoms with Crippen LogP contribution in [0.4, 0.5) is 0 Å². The molecule has 6 nitrogen and oxygen atoms in total. The van der Waals surface area contributed by atoms with Crippen LogP contribution in [-0.4, -0.2) is 78.8 Å². The second kappa shape index (κ2) is 10.8. The van der Waals surface area contributed by atoms with Gasteiger partial charge in [0.25, 0.3) is 0 Å². The van der Waals surface area contributed by atoms with Crippen molar-refractivity contribution in [2.24, 2.45) is 4.99 Å². The fourth-order valence-electron chi connectivity index (χ4n) is 4.36. The summed E-state index contributed by atoms with van der Waals surface area (Å²) < 4.78 is 0. The molecule has 1 aromatic rings. The van der Waals surface area contributed by atoms with Gasteiger partial charge in [-0.1, -0.05) is 31.2 Å². The molecule has 1 aromatic carbocycles. The van der Waals surface area contributed by atoms with Gasteiger partial charge in [0, 0.05) is 38.8 Å². The first-order valence-corrected chi connectivity index (χ1v) is 10.9. The summed E-state index contributed by atoms with van der Waals surface area (Å²) in [7, 11) is 0. The maximum atomic E-state index is 10.5. The molecule has 2 aliphatic heterocycles. The predicted octanol–water partition coefficient (Wildman–Crippen LogP) is 1.45. The van der Waals surface area contributed by atoms with E-state index in [1.54, 1.807) is 0 Å². The molecule has 0 spiro atoms. The monoisotopic (exact) mass is 387 g/mol. The second-order valence-electron chi connectivity index (χ2n) is 7.93. The minimum atomic E-state index is -0.445. The zero-order chi connectivity index (χ0) is 19.8. The predicted molar refractivity (Wildman–Crippen MR) is 116 cm³/mol. The van der Waals surface area contributed by atoms with Crippen LogP contribution in [0.15, 0.2) is 29.3 Å². The van der Waals surface area contributed by atoms with Crippen molar-refractivity contribution in [2.75, 3.05) is 45.8 Å². The number of fused-ring (bicyclic) bond motifs is 1. The zero-order valence-electron chi connectivity index (χ0n) is 17.5. The summed E-state index contributed by atoms with van der Waals surface area (Å²) in [5, 5.41) is 17.3. The van der Waals surface area contributed by atoms with Crippen LogP contribution in [0.25, 0.3) is 0 Å². The van der Waals surface area contributed by atoms with Crippen LogP contribution in [0, 0.1) is 0 Å². The van der Waals surface area contributed by atoms with Gasteiger partial charge in [0.1, 0.15) is 0 Å². The molecule has 0 amide bonds. The molecule has 156 valence electrons. The zero-order valence-corrected chi connectivity index (χ0v) is 17.5. The van der Waals surface area contributed by atoms with Crippen molar-refractivity contribution in [3.05, 3.63) is 35.4 Å². The number of benzene rings is 1. The molecular formula is C22H37N5O. The number of nitrogens with one attached hydrogen (secondary N) is 2. The lowest BCUT2D eigenvalue weighted by Gasteiger charge is -2.30. The van der Waals surface area contributed by atoms with E-state index >= 15 is 0 Å². The molecule has 2 unspecified atom stereocenters. The Balaban J connectivity index is 1.46. The molecular weight excluding hydrogens is 350 g/mol. The third kappa shape index (κ3) is 5.93. The van der Waals surface area contributed by atoms with Crippen LogP contribution in [-0.2, 0) is 13.0 Å². The lowest BCUT2D eigenvalue weighted by atomic mass is 10.00. The quantitative estimate of drug-likeness (QED) is 0.465. The summed E-state index contributed by atoms with van der Waals surface area (Å²) in [6.07, 6.45) is 3.15. The van der Waals surface area contributed by atoms with E-state index in [0.717, 1.165) is 45.1 Å². The van der Waals surface area contributed by atoms with E-state index in [2.05, 4.69) is 63.5 Å². The van der Waals surface area contributed by atoms with Crippen molar-refractivity contribution in [1.29, 1.82) is 0 Å². The molecule has 0 aromatic heterocycles. The highest BCUT2D eigenvalue weighted by Gasteiger charge is 2.23. The van der Waals surface area contributed by atoms with E-state index in [1.165, 1.54) is 30.5 Å². The average molecular weight is 388 g/mol. The third-order valence-corrected chi connectivity index (χ3v) is 5.89. The summed E-state index contributed by atoms with van der Waals surface area (Å²) >= 11 is 0. The molecule has 2 aliphatic rings. The number of aliphatic imine (C=N–C) groups is 1. The lowest BCUT2D eigenvalue weighted by molar-refractivity contribution is 0.111. The van der Waals surface area contributed by atoms with E-state index in [-0.39, 0.29) is 0 Å². The maximum absolute atomic E-state index is 10.5. The van der Waals surface area contributed by atoms with Crippen molar-refractivity contribution >= 4 is 5.96 Å². The second-order valence-corrected chi connectivity index (χ2v) is 7.93. The summed E-state index contributed by atoms with van der Waals surface area (Å²) in [4.78, 5) is 9.50. The molecule has 3 rings (SSSR count). The Labute approximate surface area is 170 Å². The van der Waals surface area contributed by atoms with Gasteiger partial charge >= 0.3 is 0 Å². The van der Waals surface area contributed by atoms with Crippen LogP contribution in [0.1, 0.15) is 37.8 Å². The van der Waals surface area contributed by atoms with Gasteiger partial charge in [-0.15, -0.1) is 0 Å². The molecule has 1 fully saturated rings. The van der Waals surface area contributed by atoms with Gasteiger partial charge in [0.2, 0.25) is 0 Å². The Hall–Kier alpha value is -1.63. The highest BCUT2D eigenvalue weighted by atomic mass is 16.3. The number of guanidine groups is 1. The fraction of sp³-hybridized carbons (Fsp3) is 0.682. The first kappa shape index (κ1) is 21.1. The van der Waals surface area contributed by atoms with Crippen molar-refractivity contribution in [2.45, 2.75) is 51.8 Å². The summed E-state index contributed by atoms with van der Waals surface area (Å²) in [5.41, 5.74) is 2.83. The van der Waals surface area contributed by atoms with Crippen LogP contribution < -0.4 is 10.6 Å². The number of likely N-dealkylation sites (tertiary alicyclic amines) is 1. The Bertz CT molecular complexity index is 635. The molecule has 0 bridgehead atoms. The van der Waals surface area contributed by atoms with Gasteiger partial charge < -0.3 is 15.7 Å². The van der Waals surface area contributed by atoms with Crippen molar-refractivity contribution in [1.82, 2.24) is 20.4 Å². The van der Waals surface area contributed by atoms with Crippen LogP contribution in [0.3, 0.4) is 0 Å². The number of nitrogens with zero attached hydrogens (tertiary/aromatic N) is 3. The molecule has 2 heterocycles. The Morgan fingerprint density at radius 3 is 2.82 bits per heavy atom. The average Bonchev–Trinajstić information content (AvgIpc) is 3.17. The number of likely N-dealkylation sites (N-methyl/N-ethyl adjacent to an activating group) is 1. The minimum Gasteiger partial charge on any atom is -0.390 e. The normalized spacial score (nSPS) is 22.1. The topological polar surface area (TPSA) is 63.1 Å². The van der Waals surface area contributed by atoms with Crippen LogP contribution in [0.5, 0.6) is 0 Å². The molecule has 0 radical (unpaired) electrons. The molecule has 0 aliphatic carbocycles. The van der Waals surface area contributed by atoms with Gasteiger partial charge in [0.05, 0.1) is 12.6 Å². The minimum absolute atomic E-state index is 0.426. The summed E-state index contributed by atoms with van der Waals surface area (Å²) in [5.74, 6) is 0.813. The first-order valence-electron chi connectivity index (χ1n) is 10.9. The standard InChI is InChI=1S/C22H37N5O/c1-3-23-22(24-14-20-10-7-12-27(20)4-2)25-15-21(28)17-26-13-11-18-8-5-6-9-19(18)16-26/h5-6,8-9,20-21,28H,3-4,7,10-17H2,1-2H3,(H2,23,24,25). The number of hydrogen-bond donors (Lipinski definition) is 3. The van der Waals surface area contributed by atoms with Gasteiger partial charge in [0.15, 0.2) is 5.96 Å². The highest BCUT2D eigenvalue weighted by molar-refractivity contribution is 5.79. The molecule has 28 heavy (non-hydrogen) atoms. The van der Waals surface area contributed by atoms with Crippen LogP contribution >= 0.6 is 0 Å². The fourth-order valence-corrected chi connectivity index (χ4v) is 4.36. The lowest BCUT2D eigenvalue weighted by Crippen LogP contribution is -2.45. The van der Waals surface area contributed by atoms with E-state index in [0.29, 0.717) is 19.1 Å². The maximum Gasteiger partial charge on any atom is 0.191 e. The van der Waals surface area contributed by atoms with Gasteiger partial charge in [-0.3, -0.25) is 14.8 Å². The van der Waals surface area contributed by atoms with Crippen LogP contribution in [0.2, 0.25) is 0 Å². The number of hydrogen-bond acceptors (Lipinski definition) is 4. The largest absolute Gasteiger partial charge is 0.390 e. The van der Waals surface area contributed by atoms with E-state index in [1.807, 2.05) is 0 Å². The van der Waals surface area contributed by atoms with E-state index < -0.39 is 6.10 Å². The van der Waals surface area contributed by atoms with Gasteiger partial charge in [-0.25, -0.2) is 0 Å². The molecule has 0 saturated carbocycles. The molecule has 6 heteroatoms. The Morgan fingerprint density at radius 1 is 1.21 bits per heavy atom. The molecule has 2 atom stereocenters. The van der Waals surface area contributed by atoms with Crippen molar-refractivity contribution < 1.29 is 5.11 Å². The number of aliphatic hydroxyl groups is 1. The SMILES string of the molecule is CCNC(=NCC(O)CN1CCc2ccccc2C1)NCC1CCCN1CC. The third-order valence-electron chi connectivity index (χ3n) is 5.89. The molecule has 1 saturated heterocycles. The van der Waals surface area contributed by atoms with E-state index in [4.69, 9.17) is 0 Å². The smallest absolute Gasteiger partial charge is 0.191 e. The number of rotatable bonds is 8. The first-order chi connectivity index (χ1) is 13.7. The number of aliphatic hydroxyl groups excluding tert-OH is 1. The Morgan fingerprint density at radius 2 is 2.04 bits per heavy atom.